The summed E-state index contributed by atoms with van der Waals surface area (Å²) in [6.45, 7) is 0. The third kappa shape index (κ3) is 2.86. The molecule has 0 aromatic heterocycles. The van der Waals surface area contributed by atoms with Crippen LogP contribution in [0.1, 0.15) is 31.2 Å². The van der Waals surface area contributed by atoms with Gasteiger partial charge in [-0.05, 0) is 48.4 Å². The van der Waals surface area contributed by atoms with Gasteiger partial charge < -0.3 is 9.84 Å². The van der Waals surface area contributed by atoms with Gasteiger partial charge in [-0.2, -0.15) is 5.10 Å². The average Bonchev–Trinajstić information content (AvgIpc) is 3.22. The van der Waals surface area contributed by atoms with Crippen molar-refractivity contribution in [3.8, 4) is 11.5 Å². The average molecular weight is 288 g/mol. The maximum atomic E-state index is 12.0. The van der Waals surface area contributed by atoms with Gasteiger partial charge in [0.25, 0.3) is 0 Å². The van der Waals surface area contributed by atoms with Gasteiger partial charge in [0.1, 0.15) is 0 Å². The summed E-state index contributed by atoms with van der Waals surface area (Å²) in [7, 11) is 1.50. The van der Waals surface area contributed by atoms with E-state index >= 15 is 0 Å². The number of phenolic OH excluding ortho intramolecular Hbond substituents is 1. The summed E-state index contributed by atoms with van der Waals surface area (Å²) in [5.74, 6) is 1.83. The zero-order valence-corrected chi connectivity index (χ0v) is 12.1. The molecule has 1 aromatic rings. The zero-order valence-electron chi connectivity index (χ0n) is 12.1. The highest BCUT2D eigenvalue weighted by atomic mass is 16.5. The van der Waals surface area contributed by atoms with Crippen LogP contribution in [0.2, 0.25) is 0 Å². The molecule has 2 aliphatic carbocycles. The molecule has 1 aromatic carbocycles. The number of rotatable bonds is 4. The third-order valence-electron chi connectivity index (χ3n) is 4.55. The standard InChI is InChI=1S/C16H20N2O3/c1-21-14-7-6-10(8-13(14)19)9-17-18-16(20)15-11-4-2-3-5-12(11)15/h6-9,11-12,15,19H,2-5H2,1H3,(H,18,20)/b17-9-/t11-,12-/m1/s1. The predicted molar refractivity (Wildman–Crippen MR) is 79.3 cm³/mol. The highest BCUT2D eigenvalue weighted by Crippen LogP contribution is 2.55. The van der Waals surface area contributed by atoms with Crippen LogP contribution in [0.3, 0.4) is 0 Å². The van der Waals surface area contributed by atoms with Gasteiger partial charge in [0, 0.05) is 5.92 Å². The molecule has 0 heterocycles. The summed E-state index contributed by atoms with van der Waals surface area (Å²) in [4.78, 5) is 12.0. The largest absolute Gasteiger partial charge is 0.504 e. The van der Waals surface area contributed by atoms with Gasteiger partial charge >= 0.3 is 0 Å². The Morgan fingerprint density at radius 3 is 2.71 bits per heavy atom. The minimum absolute atomic E-state index is 0.0286. The van der Waals surface area contributed by atoms with E-state index in [-0.39, 0.29) is 17.6 Å². The van der Waals surface area contributed by atoms with Crippen molar-refractivity contribution in [2.75, 3.05) is 7.11 Å². The molecule has 2 fully saturated rings. The first kappa shape index (κ1) is 13.9. The number of hydrazone groups is 1. The van der Waals surface area contributed by atoms with Gasteiger partial charge in [-0.25, -0.2) is 5.43 Å². The molecule has 112 valence electrons. The summed E-state index contributed by atoms with van der Waals surface area (Å²) < 4.78 is 4.97. The molecule has 0 spiro atoms. The van der Waals surface area contributed by atoms with E-state index in [2.05, 4.69) is 10.5 Å². The predicted octanol–water partition coefficient (Wildman–Crippen LogP) is 2.29. The van der Waals surface area contributed by atoms with Crippen LogP contribution in [0, 0.1) is 17.8 Å². The Bertz CT molecular complexity index is 559. The Morgan fingerprint density at radius 2 is 2.10 bits per heavy atom. The first-order valence-corrected chi connectivity index (χ1v) is 7.40. The lowest BCUT2D eigenvalue weighted by Gasteiger charge is -2.04. The Kier molecular flexibility index (Phi) is 3.82. The minimum Gasteiger partial charge on any atom is -0.504 e. The molecule has 2 atom stereocenters. The number of nitrogens with one attached hydrogen (secondary N) is 1. The van der Waals surface area contributed by atoms with E-state index in [9.17, 15) is 9.90 Å². The smallest absolute Gasteiger partial charge is 0.243 e. The van der Waals surface area contributed by atoms with Crippen molar-refractivity contribution in [2.45, 2.75) is 25.7 Å². The number of carbonyl (C=O) groups excluding carboxylic acids is 1. The van der Waals surface area contributed by atoms with Crippen molar-refractivity contribution in [2.24, 2.45) is 22.9 Å². The molecule has 1 amide bonds. The molecule has 0 saturated heterocycles. The monoisotopic (exact) mass is 288 g/mol. The molecule has 0 unspecified atom stereocenters. The van der Waals surface area contributed by atoms with Crippen LogP contribution in [0.5, 0.6) is 11.5 Å². The van der Waals surface area contributed by atoms with E-state index in [1.54, 1.807) is 18.2 Å². The van der Waals surface area contributed by atoms with Crippen LogP contribution in [-0.2, 0) is 4.79 Å². The molecule has 5 heteroatoms. The van der Waals surface area contributed by atoms with Crippen LogP contribution < -0.4 is 10.2 Å². The number of nitrogens with zero attached hydrogens (tertiary/aromatic N) is 1. The van der Waals surface area contributed by atoms with Crippen molar-refractivity contribution in [1.29, 1.82) is 0 Å². The molecule has 5 nitrogen and oxygen atoms in total. The highest BCUT2D eigenvalue weighted by molar-refractivity contribution is 5.85. The van der Waals surface area contributed by atoms with Gasteiger partial charge in [0.2, 0.25) is 5.91 Å². The molecule has 0 aliphatic heterocycles. The lowest BCUT2D eigenvalue weighted by Crippen LogP contribution is -2.20. The fourth-order valence-electron chi connectivity index (χ4n) is 3.41. The zero-order chi connectivity index (χ0) is 14.8. The summed E-state index contributed by atoms with van der Waals surface area (Å²) in [6, 6.07) is 4.98. The quantitative estimate of drug-likeness (QED) is 0.659. The van der Waals surface area contributed by atoms with Gasteiger partial charge in [-0.15, -0.1) is 0 Å². The minimum atomic E-state index is 0.0286. The summed E-state index contributed by atoms with van der Waals surface area (Å²) in [6.07, 6.45) is 6.39. The first-order chi connectivity index (χ1) is 10.2. The number of aromatic hydroxyl groups is 1. The highest BCUT2D eigenvalue weighted by Gasteiger charge is 2.54. The van der Waals surface area contributed by atoms with Gasteiger partial charge in [0.05, 0.1) is 13.3 Å². The van der Waals surface area contributed by atoms with Crippen LogP contribution in [0.4, 0.5) is 0 Å². The van der Waals surface area contributed by atoms with Crippen molar-refractivity contribution in [3.05, 3.63) is 23.8 Å². The number of fused-ring (bicyclic) bond motifs is 1. The number of methoxy groups -OCH3 is 1. The molecule has 3 rings (SSSR count). The number of benzene rings is 1. The summed E-state index contributed by atoms with van der Waals surface area (Å²) >= 11 is 0. The van der Waals surface area contributed by atoms with E-state index in [1.807, 2.05) is 0 Å². The molecule has 21 heavy (non-hydrogen) atoms. The van der Waals surface area contributed by atoms with E-state index in [0.29, 0.717) is 23.1 Å². The second kappa shape index (κ2) is 5.76. The molecular weight excluding hydrogens is 268 g/mol. The summed E-state index contributed by atoms with van der Waals surface area (Å²) in [5.41, 5.74) is 3.33. The first-order valence-electron chi connectivity index (χ1n) is 7.40. The number of hydrogen-bond donors (Lipinski definition) is 2. The molecule has 0 bridgehead atoms. The number of amides is 1. The maximum absolute atomic E-state index is 12.0. The summed E-state index contributed by atoms with van der Waals surface area (Å²) in [5, 5.41) is 13.6. The Morgan fingerprint density at radius 1 is 1.38 bits per heavy atom. The molecule has 2 aliphatic rings. The number of phenols is 1. The molecular formula is C16H20N2O3. The Hall–Kier alpha value is -2.04. The second-order valence-electron chi connectivity index (χ2n) is 5.80. The van der Waals surface area contributed by atoms with Crippen LogP contribution in [-0.4, -0.2) is 24.3 Å². The molecule has 2 N–H and O–H groups in total. The molecule has 2 saturated carbocycles. The number of carbonyl (C=O) groups is 1. The fourth-order valence-corrected chi connectivity index (χ4v) is 3.41. The topological polar surface area (TPSA) is 70.9 Å². The van der Waals surface area contributed by atoms with Crippen molar-refractivity contribution < 1.29 is 14.6 Å². The van der Waals surface area contributed by atoms with Crippen molar-refractivity contribution in [3.63, 3.8) is 0 Å². The van der Waals surface area contributed by atoms with E-state index in [4.69, 9.17) is 4.74 Å². The van der Waals surface area contributed by atoms with Crippen LogP contribution in [0.15, 0.2) is 23.3 Å². The number of hydrogen-bond acceptors (Lipinski definition) is 4. The van der Waals surface area contributed by atoms with Crippen LogP contribution in [0.25, 0.3) is 0 Å². The van der Waals surface area contributed by atoms with E-state index in [0.717, 1.165) is 0 Å². The lowest BCUT2D eigenvalue weighted by atomic mass is 10.0. The van der Waals surface area contributed by atoms with Gasteiger partial charge in [-0.3, -0.25) is 4.79 Å². The van der Waals surface area contributed by atoms with Gasteiger partial charge in [0.15, 0.2) is 11.5 Å². The fraction of sp³-hybridized carbons (Fsp3) is 0.500. The lowest BCUT2D eigenvalue weighted by molar-refractivity contribution is -0.122. The molecule has 0 radical (unpaired) electrons. The Labute approximate surface area is 124 Å². The maximum Gasteiger partial charge on any atom is 0.243 e. The Balaban J connectivity index is 1.55. The van der Waals surface area contributed by atoms with E-state index in [1.165, 1.54) is 39.0 Å². The number of ether oxygens (including phenoxy) is 1. The third-order valence-corrected chi connectivity index (χ3v) is 4.55. The van der Waals surface area contributed by atoms with Crippen molar-refractivity contribution >= 4 is 12.1 Å². The van der Waals surface area contributed by atoms with Gasteiger partial charge in [-0.1, -0.05) is 12.8 Å². The van der Waals surface area contributed by atoms with Crippen LogP contribution >= 0.6 is 0 Å². The van der Waals surface area contributed by atoms with Crippen molar-refractivity contribution in [1.82, 2.24) is 5.43 Å². The SMILES string of the molecule is COc1ccc(/C=N\NC(=O)C2[C@@H]3CCCC[C@@H]23)cc1O. The van der Waals surface area contributed by atoms with E-state index < -0.39 is 0 Å². The second-order valence-corrected chi connectivity index (χ2v) is 5.80. The normalized spacial score (nSPS) is 27.2.